The van der Waals surface area contributed by atoms with E-state index in [1.54, 1.807) is 6.07 Å². The number of hydrogen-bond acceptors (Lipinski definition) is 1. The Balaban J connectivity index is 2.53. The van der Waals surface area contributed by atoms with Crippen LogP contribution in [-0.2, 0) is 6.54 Å². The van der Waals surface area contributed by atoms with Crippen molar-refractivity contribution in [3.63, 3.8) is 0 Å². The summed E-state index contributed by atoms with van der Waals surface area (Å²) in [5.74, 6) is 0.444. The average Bonchev–Trinajstić information content (AvgIpc) is 2.26. The summed E-state index contributed by atoms with van der Waals surface area (Å²) in [6.07, 6.45) is 2.00. The third kappa shape index (κ3) is 4.40. The Morgan fingerprint density at radius 3 is 2.81 bits per heavy atom. The molecule has 1 aromatic carbocycles. The molecule has 1 rings (SSSR count). The number of hydrogen-bond donors (Lipinski definition) is 1. The van der Waals surface area contributed by atoms with Gasteiger partial charge in [0, 0.05) is 22.9 Å². The molecule has 0 aliphatic rings. The van der Waals surface area contributed by atoms with Gasteiger partial charge in [0.15, 0.2) is 0 Å². The summed E-state index contributed by atoms with van der Waals surface area (Å²) in [6.45, 7) is 2.86. The molecule has 0 saturated heterocycles. The average molecular weight is 309 g/mol. The van der Waals surface area contributed by atoms with Crippen molar-refractivity contribution in [3.8, 4) is 0 Å². The molecule has 0 heterocycles. The fourth-order valence-corrected chi connectivity index (χ4v) is 2.26. The number of alkyl halides is 1. The largest absolute Gasteiger partial charge is 0.310 e. The maximum absolute atomic E-state index is 12.9. The third-order valence-electron chi connectivity index (χ3n) is 2.55. The van der Waals surface area contributed by atoms with Gasteiger partial charge in [-0.25, -0.2) is 4.39 Å². The first-order chi connectivity index (χ1) is 7.67. The van der Waals surface area contributed by atoms with Crippen molar-refractivity contribution < 1.29 is 4.39 Å². The highest BCUT2D eigenvalue weighted by Gasteiger charge is 2.06. The molecule has 0 aliphatic carbocycles. The SMILES string of the molecule is CCC(CCCl)NCc1ccc(F)cc1Br. The lowest BCUT2D eigenvalue weighted by atomic mass is 10.1. The van der Waals surface area contributed by atoms with Crippen LogP contribution in [0.2, 0.25) is 0 Å². The Hall–Kier alpha value is -0.120. The predicted molar refractivity (Wildman–Crippen MR) is 70.4 cm³/mol. The molecule has 0 radical (unpaired) electrons. The molecule has 1 aromatic rings. The second-order valence-corrected chi connectivity index (χ2v) is 4.93. The molecule has 0 fully saturated rings. The Labute approximate surface area is 110 Å². The second kappa shape index (κ2) is 7.25. The highest BCUT2D eigenvalue weighted by Crippen LogP contribution is 2.18. The van der Waals surface area contributed by atoms with E-state index in [-0.39, 0.29) is 5.82 Å². The number of nitrogens with one attached hydrogen (secondary N) is 1. The highest BCUT2D eigenvalue weighted by atomic mass is 79.9. The molecule has 0 aliphatic heterocycles. The summed E-state index contributed by atoms with van der Waals surface area (Å²) in [5, 5.41) is 3.41. The molecule has 0 aromatic heterocycles. The topological polar surface area (TPSA) is 12.0 Å². The van der Waals surface area contributed by atoms with Crippen molar-refractivity contribution in [1.82, 2.24) is 5.32 Å². The van der Waals surface area contributed by atoms with Crippen LogP contribution in [0.1, 0.15) is 25.3 Å². The molecular weight excluding hydrogens is 292 g/mol. The molecule has 16 heavy (non-hydrogen) atoms. The van der Waals surface area contributed by atoms with Crippen LogP contribution in [0.3, 0.4) is 0 Å². The molecule has 1 atom stereocenters. The van der Waals surface area contributed by atoms with E-state index in [1.165, 1.54) is 12.1 Å². The number of halogens is 3. The van der Waals surface area contributed by atoms with E-state index in [1.807, 2.05) is 0 Å². The molecule has 0 saturated carbocycles. The Kier molecular flexibility index (Phi) is 6.32. The second-order valence-electron chi connectivity index (χ2n) is 3.70. The Morgan fingerprint density at radius 2 is 2.25 bits per heavy atom. The van der Waals surface area contributed by atoms with Crippen molar-refractivity contribution in [1.29, 1.82) is 0 Å². The summed E-state index contributed by atoms with van der Waals surface area (Å²) in [4.78, 5) is 0. The summed E-state index contributed by atoms with van der Waals surface area (Å²) in [7, 11) is 0. The summed E-state index contributed by atoms with van der Waals surface area (Å²) in [6, 6.07) is 5.18. The van der Waals surface area contributed by atoms with E-state index >= 15 is 0 Å². The first-order valence-corrected chi connectivity index (χ1v) is 6.73. The van der Waals surface area contributed by atoms with E-state index in [2.05, 4.69) is 28.2 Å². The van der Waals surface area contributed by atoms with Gasteiger partial charge >= 0.3 is 0 Å². The molecule has 0 bridgehead atoms. The van der Waals surface area contributed by atoms with Crippen LogP contribution >= 0.6 is 27.5 Å². The minimum absolute atomic E-state index is 0.219. The quantitative estimate of drug-likeness (QED) is 0.781. The van der Waals surface area contributed by atoms with Gasteiger partial charge in [-0.1, -0.05) is 28.9 Å². The molecule has 1 N–H and O–H groups in total. The lowest BCUT2D eigenvalue weighted by molar-refractivity contribution is 0.485. The van der Waals surface area contributed by atoms with Crippen LogP contribution in [0.4, 0.5) is 4.39 Å². The van der Waals surface area contributed by atoms with E-state index < -0.39 is 0 Å². The normalized spacial score (nSPS) is 12.8. The van der Waals surface area contributed by atoms with E-state index in [0.29, 0.717) is 11.9 Å². The van der Waals surface area contributed by atoms with Crippen LogP contribution in [0.25, 0.3) is 0 Å². The molecule has 0 amide bonds. The third-order valence-corrected chi connectivity index (χ3v) is 3.50. The standard InChI is InChI=1S/C12H16BrClFN/c1-2-11(5-6-14)16-8-9-3-4-10(15)7-12(9)13/h3-4,7,11,16H,2,5-6,8H2,1H3. The number of rotatable bonds is 6. The first-order valence-electron chi connectivity index (χ1n) is 5.40. The molecule has 90 valence electrons. The van der Waals surface area contributed by atoms with Gasteiger partial charge in [-0.15, -0.1) is 11.6 Å². The lowest BCUT2D eigenvalue weighted by Crippen LogP contribution is -2.28. The van der Waals surface area contributed by atoms with Crippen molar-refractivity contribution in [3.05, 3.63) is 34.1 Å². The van der Waals surface area contributed by atoms with Crippen molar-refractivity contribution in [2.24, 2.45) is 0 Å². The van der Waals surface area contributed by atoms with Gasteiger partial charge in [-0.2, -0.15) is 0 Å². The zero-order chi connectivity index (χ0) is 12.0. The van der Waals surface area contributed by atoms with E-state index in [0.717, 1.165) is 29.4 Å². The van der Waals surface area contributed by atoms with Gasteiger partial charge < -0.3 is 5.32 Å². The van der Waals surface area contributed by atoms with Crippen LogP contribution in [-0.4, -0.2) is 11.9 Å². The summed E-state index contributed by atoms with van der Waals surface area (Å²) >= 11 is 9.06. The smallest absolute Gasteiger partial charge is 0.124 e. The zero-order valence-corrected chi connectivity index (χ0v) is 11.6. The van der Waals surface area contributed by atoms with Gasteiger partial charge in [0.2, 0.25) is 0 Å². The van der Waals surface area contributed by atoms with Crippen molar-refractivity contribution >= 4 is 27.5 Å². The monoisotopic (exact) mass is 307 g/mol. The van der Waals surface area contributed by atoms with E-state index in [4.69, 9.17) is 11.6 Å². The zero-order valence-electron chi connectivity index (χ0n) is 9.27. The van der Waals surface area contributed by atoms with Crippen LogP contribution < -0.4 is 5.32 Å². The van der Waals surface area contributed by atoms with Gasteiger partial charge in [-0.3, -0.25) is 0 Å². The van der Waals surface area contributed by atoms with Gasteiger partial charge in [0.1, 0.15) is 5.82 Å². The summed E-state index contributed by atoms with van der Waals surface area (Å²) in [5.41, 5.74) is 1.06. The molecule has 1 unspecified atom stereocenters. The van der Waals surface area contributed by atoms with E-state index in [9.17, 15) is 4.39 Å². The Morgan fingerprint density at radius 1 is 1.50 bits per heavy atom. The van der Waals surface area contributed by atoms with Gasteiger partial charge in [0.25, 0.3) is 0 Å². The minimum atomic E-state index is -0.219. The minimum Gasteiger partial charge on any atom is -0.310 e. The van der Waals surface area contributed by atoms with Gasteiger partial charge in [-0.05, 0) is 30.5 Å². The maximum atomic E-state index is 12.9. The van der Waals surface area contributed by atoms with Crippen LogP contribution in [0.5, 0.6) is 0 Å². The molecule has 1 nitrogen and oxygen atoms in total. The van der Waals surface area contributed by atoms with Crippen molar-refractivity contribution in [2.45, 2.75) is 32.4 Å². The molecule has 4 heteroatoms. The summed E-state index contributed by atoms with van der Waals surface area (Å²) < 4.78 is 13.7. The first kappa shape index (κ1) is 13.9. The lowest BCUT2D eigenvalue weighted by Gasteiger charge is -2.16. The highest BCUT2D eigenvalue weighted by molar-refractivity contribution is 9.10. The molecular formula is C12H16BrClFN. The van der Waals surface area contributed by atoms with Crippen LogP contribution in [0.15, 0.2) is 22.7 Å². The Bertz CT molecular complexity index is 333. The van der Waals surface area contributed by atoms with Crippen molar-refractivity contribution in [2.75, 3.05) is 5.88 Å². The fraction of sp³-hybridized carbons (Fsp3) is 0.500. The van der Waals surface area contributed by atoms with Crippen LogP contribution in [0, 0.1) is 5.82 Å². The van der Waals surface area contributed by atoms with Gasteiger partial charge in [0.05, 0.1) is 0 Å². The number of benzene rings is 1. The predicted octanol–water partition coefficient (Wildman–Crippen LogP) is 4.09. The molecule has 0 spiro atoms. The maximum Gasteiger partial charge on any atom is 0.124 e. The fourth-order valence-electron chi connectivity index (χ4n) is 1.50.